The number of nitrogens with one attached hydrogen (secondary N) is 2. The number of halogens is 2. The van der Waals surface area contributed by atoms with E-state index in [4.69, 9.17) is 0 Å². The Balaban J connectivity index is 1.64. The standard InChI is InChI=1S/C19H21F2N3O/c20-14-7-6-8-15(21)19(14)23-18(25)13-22-16-9-2-3-10-17(16)24-11-4-1-5-12-24/h2-3,6-10,22H,1,4-5,11-13H2,(H,23,25). The van der Waals surface area contributed by atoms with Crippen LogP contribution in [-0.2, 0) is 4.79 Å². The third-order valence-corrected chi connectivity index (χ3v) is 4.27. The first-order chi connectivity index (χ1) is 12.1. The molecule has 2 N–H and O–H groups in total. The number of para-hydroxylation sites is 3. The van der Waals surface area contributed by atoms with Crippen LogP contribution in [0.4, 0.5) is 25.8 Å². The zero-order valence-corrected chi connectivity index (χ0v) is 13.9. The van der Waals surface area contributed by atoms with Gasteiger partial charge in [0.05, 0.1) is 17.9 Å². The van der Waals surface area contributed by atoms with Crippen molar-refractivity contribution in [1.29, 1.82) is 0 Å². The van der Waals surface area contributed by atoms with Gasteiger partial charge in [0.1, 0.15) is 17.3 Å². The molecule has 0 unspecified atom stereocenters. The number of piperidine rings is 1. The minimum Gasteiger partial charge on any atom is -0.374 e. The zero-order chi connectivity index (χ0) is 17.6. The molecule has 1 amide bonds. The van der Waals surface area contributed by atoms with Gasteiger partial charge in [-0.05, 0) is 43.5 Å². The predicted octanol–water partition coefficient (Wildman–Crippen LogP) is 4.01. The van der Waals surface area contributed by atoms with Gasteiger partial charge in [-0.25, -0.2) is 8.78 Å². The van der Waals surface area contributed by atoms with E-state index in [0.717, 1.165) is 49.4 Å². The van der Waals surface area contributed by atoms with E-state index in [1.165, 1.54) is 12.5 Å². The molecule has 25 heavy (non-hydrogen) atoms. The molecule has 1 aliphatic rings. The molecule has 3 rings (SSSR count). The summed E-state index contributed by atoms with van der Waals surface area (Å²) in [5, 5.41) is 5.35. The number of hydrogen-bond donors (Lipinski definition) is 2. The first-order valence-electron chi connectivity index (χ1n) is 8.47. The Bertz CT molecular complexity index is 725. The van der Waals surface area contributed by atoms with Crippen molar-refractivity contribution in [3.8, 4) is 0 Å². The van der Waals surface area contributed by atoms with Gasteiger partial charge >= 0.3 is 0 Å². The molecule has 0 saturated carbocycles. The van der Waals surface area contributed by atoms with E-state index in [0.29, 0.717) is 0 Å². The molecular weight excluding hydrogens is 324 g/mol. The lowest BCUT2D eigenvalue weighted by atomic mass is 10.1. The van der Waals surface area contributed by atoms with Crippen molar-refractivity contribution in [3.63, 3.8) is 0 Å². The summed E-state index contributed by atoms with van der Waals surface area (Å²) in [6.07, 6.45) is 3.55. The normalized spacial score (nSPS) is 14.2. The number of anilines is 3. The Morgan fingerprint density at radius 1 is 0.960 bits per heavy atom. The van der Waals surface area contributed by atoms with Crippen molar-refractivity contribution in [2.45, 2.75) is 19.3 Å². The van der Waals surface area contributed by atoms with Crippen LogP contribution in [0.15, 0.2) is 42.5 Å². The second-order valence-corrected chi connectivity index (χ2v) is 6.06. The van der Waals surface area contributed by atoms with Gasteiger partial charge < -0.3 is 15.5 Å². The molecule has 0 spiro atoms. The highest BCUT2D eigenvalue weighted by Crippen LogP contribution is 2.28. The maximum atomic E-state index is 13.6. The SMILES string of the molecule is O=C(CNc1ccccc1N1CCCCC1)Nc1c(F)cccc1F. The molecule has 0 aromatic heterocycles. The lowest BCUT2D eigenvalue weighted by molar-refractivity contribution is -0.114. The third-order valence-electron chi connectivity index (χ3n) is 4.27. The zero-order valence-electron chi connectivity index (χ0n) is 13.9. The second kappa shape index (κ2) is 7.96. The molecule has 4 nitrogen and oxygen atoms in total. The van der Waals surface area contributed by atoms with Crippen molar-refractivity contribution >= 4 is 23.0 Å². The molecule has 0 aliphatic carbocycles. The fourth-order valence-corrected chi connectivity index (χ4v) is 3.01. The van der Waals surface area contributed by atoms with E-state index in [9.17, 15) is 13.6 Å². The molecular formula is C19H21F2N3O. The number of nitrogens with zero attached hydrogens (tertiary/aromatic N) is 1. The smallest absolute Gasteiger partial charge is 0.243 e. The van der Waals surface area contributed by atoms with Crippen LogP contribution in [0.3, 0.4) is 0 Å². The van der Waals surface area contributed by atoms with E-state index in [1.807, 2.05) is 24.3 Å². The number of benzene rings is 2. The topological polar surface area (TPSA) is 44.4 Å². The molecule has 0 bridgehead atoms. The maximum Gasteiger partial charge on any atom is 0.243 e. The van der Waals surface area contributed by atoms with Gasteiger partial charge in [-0.1, -0.05) is 18.2 Å². The summed E-state index contributed by atoms with van der Waals surface area (Å²) < 4.78 is 27.2. The van der Waals surface area contributed by atoms with Crippen molar-refractivity contribution in [2.24, 2.45) is 0 Å². The second-order valence-electron chi connectivity index (χ2n) is 6.06. The van der Waals surface area contributed by atoms with Gasteiger partial charge in [-0.3, -0.25) is 4.79 Å². The van der Waals surface area contributed by atoms with Gasteiger partial charge in [0.25, 0.3) is 0 Å². The van der Waals surface area contributed by atoms with Crippen LogP contribution in [-0.4, -0.2) is 25.5 Å². The summed E-state index contributed by atoms with van der Waals surface area (Å²) in [5.74, 6) is -2.08. The predicted molar refractivity (Wildman–Crippen MR) is 96.0 cm³/mol. The highest BCUT2D eigenvalue weighted by molar-refractivity contribution is 5.94. The van der Waals surface area contributed by atoms with Gasteiger partial charge in [-0.2, -0.15) is 0 Å². The minimum absolute atomic E-state index is 0.0708. The van der Waals surface area contributed by atoms with Crippen LogP contribution in [0.1, 0.15) is 19.3 Å². The molecule has 1 heterocycles. The first-order valence-corrected chi connectivity index (χ1v) is 8.47. The summed E-state index contributed by atoms with van der Waals surface area (Å²) in [6, 6.07) is 11.3. The van der Waals surface area contributed by atoms with E-state index >= 15 is 0 Å². The van der Waals surface area contributed by atoms with Crippen LogP contribution >= 0.6 is 0 Å². The molecule has 0 atom stereocenters. The average Bonchev–Trinajstić information content (AvgIpc) is 2.64. The lowest BCUT2D eigenvalue weighted by Crippen LogP contribution is -2.30. The van der Waals surface area contributed by atoms with Gasteiger partial charge in [0.15, 0.2) is 0 Å². The quantitative estimate of drug-likeness (QED) is 0.861. The summed E-state index contributed by atoms with van der Waals surface area (Å²) in [4.78, 5) is 14.3. The fourth-order valence-electron chi connectivity index (χ4n) is 3.01. The number of carbonyl (C=O) groups is 1. The van der Waals surface area contributed by atoms with Crippen LogP contribution in [0, 0.1) is 11.6 Å². The van der Waals surface area contributed by atoms with Crippen LogP contribution in [0.25, 0.3) is 0 Å². The molecule has 1 aliphatic heterocycles. The highest BCUT2D eigenvalue weighted by atomic mass is 19.1. The van der Waals surface area contributed by atoms with Crippen molar-refractivity contribution in [2.75, 3.05) is 35.2 Å². The lowest BCUT2D eigenvalue weighted by Gasteiger charge is -2.30. The van der Waals surface area contributed by atoms with Crippen molar-refractivity contribution in [3.05, 3.63) is 54.1 Å². The number of hydrogen-bond acceptors (Lipinski definition) is 3. The molecule has 6 heteroatoms. The Kier molecular flexibility index (Phi) is 5.48. The molecule has 1 fully saturated rings. The van der Waals surface area contributed by atoms with Crippen molar-refractivity contribution < 1.29 is 13.6 Å². The van der Waals surface area contributed by atoms with Crippen LogP contribution in [0.2, 0.25) is 0 Å². The van der Waals surface area contributed by atoms with E-state index in [-0.39, 0.29) is 6.54 Å². The van der Waals surface area contributed by atoms with Crippen LogP contribution < -0.4 is 15.5 Å². The molecule has 1 saturated heterocycles. The molecule has 2 aromatic carbocycles. The highest BCUT2D eigenvalue weighted by Gasteiger charge is 2.15. The van der Waals surface area contributed by atoms with Crippen LogP contribution in [0.5, 0.6) is 0 Å². The molecule has 132 valence electrons. The summed E-state index contributed by atoms with van der Waals surface area (Å²) >= 11 is 0. The molecule has 0 radical (unpaired) electrons. The van der Waals surface area contributed by atoms with E-state index in [2.05, 4.69) is 15.5 Å². The number of rotatable bonds is 5. The van der Waals surface area contributed by atoms with Gasteiger partial charge in [0.2, 0.25) is 5.91 Å². The van der Waals surface area contributed by atoms with E-state index in [1.54, 1.807) is 0 Å². The summed E-state index contributed by atoms with van der Waals surface area (Å²) in [7, 11) is 0. The van der Waals surface area contributed by atoms with Crippen molar-refractivity contribution in [1.82, 2.24) is 0 Å². The minimum atomic E-state index is -0.790. The Morgan fingerprint density at radius 2 is 1.64 bits per heavy atom. The fraction of sp³-hybridized carbons (Fsp3) is 0.316. The van der Waals surface area contributed by atoms with E-state index < -0.39 is 23.2 Å². The third kappa shape index (κ3) is 4.26. The Hall–Kier alpha value is -2.63. The monoisotopic (exact) mass is 345 g/mol. The maximum absolute atomic E-state index is 13.6. The van der Waals surface area contributed by atoms with Gasteiger partial charge in [-0.15, -0.1) is 0 Å². The number of amides is 1. The van der Waals surface area contributed by atoms with Gasteiger partial charge in [0, 0.05) is 13.1 Å². The summed E-state index contributed by atoms with van der Waals surface area (Å²) in [5.41, 5.74) is 1.47. The number of carbonyl (C=O) groups excluding carboxylic acids is 1. The molecule has 2 aromatic rings. The average molecular weight is 345 g/mol. The Labute approximate surface area is 145 Å². The Morgan fingerprint density at radius 3 is 2.36 bits per heavy atom. The summed E-state index contributed by atoms with van der Waals surface area (Å²) in [6.45, 7) is 1.91. The first kappa shape index (κ1) is 17.2. The largest absolute Gasteiger partial charge is 0.374 e.